The number of carbonyl (C=O) groups excluding carboxylic acids is 1. The van der Waals surface area contributed by atoms with Crippen molar-refractivity contribution >= 4 is 52.1 Å². The quantitative estimate of drug-likeness (QED) is 0.338. The first-order valence-electron chi connectivity index (χ1n) is 10.9. The SMILES string of the molecule is COc1cc(/C=C2\SC(=NCc3cc(C)cc(C)c3)NC2=O)ccc1OCc1ccc(Cl)cc1Cl. The van der Waals surface area contributed by atoms with E-state index in [1.165, 1.54) is 22.9 Å². The van der Waals surface area contributed by atoms with Crippen molar-refractivity contribution < 1.29 is 14.3 Å². The molecule has 8 heteroatoms. The number of aryl methyl sites for hydroxylation is 2. The number of amides is 1. The van der Waals surface area contributed by atoms with E-state index in [2.05, 4.69) is 42.4 Å². The molecule has 0 spiro atoms. The van der Waals surface area contributed by atoms with Gasteiger partial charge in [-0.3, -0.25) is 9.79 Å². The zero-order chi connectivity index (χ0) is 24.9. The van der Waals surface area contributed by atoms with E-state index >= 15 is 0 Å². The van der Waals surface area contributed by atoms with E-state index in [0.717, 1.165) is 16.7 Å². The fourth-order valence-corrected chi connectivity index (χ4v) is 4.95. The molecule has 1 saturated heterocycles. The molecule has 1 N–H and O–H groups in total. The molecule has 1 amide bonds. The zero-order valence-corrected chi connectivity index (χ0v) is 21.9. The molecule has 0 saturated carbocycles. The summed E-state index contributed by atoms with van der Waals surface area (Å²) in [6.07, 6.45) is 1.81. The van der Waals surface area contributed by atoms with Gasteiger partial charge in [0.15, 0.2) is 16.7 Å². The second kappa shape index (κ2) is 11.2. The van der Waals surface area contributed by atoms with E-state index in [0.29, 0.717) is 38.2 Å². The third-order valence-electron chi connectivity index (χ3n) is 5.22. The van der Waals surface area contributed by atoms with Crippen molar-refractivity contribution in [3.8, 4) is 11.5 Å². The van der Waals surface area contributed by atoms with Gasteiger partial charge in [-0.15, -0.1) is 0 Å². The van der Waals surface area contributed by atoms with E-state index in [9.17, 15) is 4.79 Å². The number of benzene rings is 3. The molecule has 5 nitrogen and oxygen atoms in total. The summed E-state index contributed by atoms with van der Waals surface area (Å²) in [5.74, 6) is 0.947. The summed E-state index contributed by atoms with van der Waals surface area (Å²) < 4.78 is 11.4. The van der Waals surface area contributed by atoms with Crippen LogP contribution in [0.1, 0.15) is 27.8 Å². The van der Waals surface area contributed by atoms with E-state index < -0.39 is 0 Å². The minimum absolute atomic E-state index is 0.175. The van der Waals surface area contributed by atoms with Crippen LogP contribution in [0, 0.1) is 13.8 Å². The largest absolute Gasteiger partial charge is 0.493 e. The molecule has 0 radical (unpaired) electrons. The molecule has 4 rings (SSSR count). The number of amidine groups is 1. The Morgan fingerprint density at radius 1 is 1.00 bits per heavy atom. The lowest BCUT2D eigenvalue weighted by Crippen LogP contribution is -2.19. The van der Waals surface area contributed by atoms with Crippen molar-refractivity contribution in [1.82, 2.24) is 5.32 Å². The number of ether oxygens (including phenoxy) is 2. The van der Waals surface area contributed by atoms with E-state index in [-0.39, 0.29) is 12.5 Å². The van der Waals surface area contributed by atoms with Crippen LogP contribution in [0.2, 0.25) is 10.0 Å². The number of aliphatic imine (C=N–C) groups is 1. The molecule has 0 bridgehead atoms. The van der Waals surface area contributed by atoms with Crippen LogP contribution in [0.3, 0.4) is 0 Å². The van der Waals surface area contributed by atoms with Crippen molar-refractivity contribution in [1.29, 1.82) is 0 Å². The van der Waals surface area contributed by atoms with Gasteiger partial charge in [-0.1, -0.05) is 64.7 Å². The van der Waals surface area contributed by atoms with Crippen molar-refractivity contribution in [3.63, 3.8) is 0 Å². The van der Waals surface area contributed by atoms with Crippen LogP contribution in [0.4, 0.5) is 0 Å². The summed E-state index contributed by atoms with van der Waals surface area (Å²) in [6, 6.07) is 17.1. The van der Waals surface area contributed by atoms with Gasteiger partial charge in [0.05, 0.1) is 18.6 Å². The topological polar surface area (TPSA) is 59.9 Å². The molecular weight excluding hydrogens is 503 g/mol. The Hall–Kier alpha value is -2.93. The first kappa shape index (κ1) is 25.2. The van der Waals surface area contributed by atoms with Gasteiger partial charge in [-0.05, 0) is 67.1 Å². The molecule has 3 aromatic carbocycles. The van der Waals surface area contributed by atoms with Crippen LogP contribution in [0.25, 0.3) is 6.08 Å². The Morgan fingerprint density at radius 2 is 1.77 bits per heavy atom. The van der Waals surface area contributed by atoms with Gasteiger partial charge in [0.2, 0.25) is 0 Å². The number of rotatable bonds is 7. The van der Waals surface area contributed by atoms with Gasteiger partial charge >= 0.3 is 0 Å². The Balaban J connectivity index is 1.45. The van der Waals surface area contributed by atoms with Crippen molar-refractivity contribution in [3.05, 3.63) is 97.4 Å². The summed E-state index contributed by atoms with van der Waals surface area (Å²) in [5, 5.41) is 4.54. The maximum Gasteiger partial charge on any atom is 0.264 e. The minimum Gasteiger partial charge on any atom is -0.493 e. The van der Waals surface area contributed by atoms with Gasteiger partial charge in [-0.2, -0.15) is 0 Å². The molecule has 1 aliphatic rings. The van der Waals surface area contributed by atoms with E-state index in [1.807, 2.05) is 30.3 Å². The summed E-state index contributed by atoms with van der Waals surface area (Å²) in [4.78, 5) is 17.6. The Labute approximate surface area is 219 Å². The Morgan fingerprint density at radius 3 is 2.49 bits per heavy atom. The van der Waals surface area contributed by atoms with Crippen LogP contribution < -0.4 is 14.8 Å². The molecule has 0 aromatic heterocycles. The summed E-state index contributed by atoms with van der Waals surface area (Å²) in [6.45, 7) is 4.91. The average molecular weight is 527 g/mol. The fraction of sp³-hybridized carbons (Fsp3) is 0.185. The molecule has 1 aliphatic heterocycles. The standard InChI is InChI=1S/C27H24Cl2N2O3S/c1-16-8-17(2)10-19(9-16)14-30-27-31-26(32)25(35-27)12-18-4-7-23(24(11-18)33-3)34-15-20-5-6-21(28)13-22(20)29/h4-13H,14-15H2,1-3H3,(H,30,31,32)/b25-12-. The van der Waals surface area contributed by atoms with Crippen LogP contribution >= 0.6 is 35.0 Å². The zero-order valence-electron chi connectivity index (χ0n) is 19.5. The van der Waals surface area contributed by atoms with Gasteiger partial charge in [0.1, 0.15) is 6.61 Å². The molecule has 180 valence electrons. The number of carbonyl (C=O) groups is 1. The molecule has 0 atom stereocenters. The number of hydrogen-bond acceptors (Lipinski definition) is 5. The third kappa shape index (κ3) is 6.60. The highest BCUT2D eigenvalue weighted by Crippen LogP contribution is 2.33. The molecule has 3 aromatic rings. The van der Waals surface area contributed by atoms with Crippen molar-refractivity contribution in [2.75, 3.05) is 7.11 Å². The number of methoxy groups -OCH3 is 1. The first-order chi connectivity index (χ1) is 16.8. The van der Waals surface area contributed by atoms with Gasteiger partial charge in [0, 0.05) is 15.6 Å². The lowest BCUT2D eigenvalue weighted by Gasteiger charge is -2.12. The molecule has 35 heavy (non-hydrogen) atoms. The molecule has 0 unspecified atom stereocenters. The highest BCUT2D eigenvalue weighted by atomic mass is 35.5. The van der Waals surface area contributed by atoms with Crippen LogP contribution in [-0.2, 0) is 17.9 Å². The first-order valence-corrected chi connectivity index (χ1v) is 12.5. The maximum absolute atomic E-state index is 12.5. The summed E-state index contributed by atoms with van der Waals surface area (Å²) in [7, 11) is 1.57. The molecular formula is C27H24Cl2N2O3S. The highest BCUT2D eigenvalue weighted by molar-refractivity contribution is 8.18. The normalized spacial score (nSPS) is 15.5. The second-order valence-electron chi connectivity index (χ2n) is 8.12. The molecule has 1 fully saturated rings. The van der Waals surface area contributed by atoms with E-state index in [4.69, 9.17) is 32.7 Å². The smallest absolute Gasteiger partial charge is 0.264 e. The monoisotopic (exact) mass is 526 g/mol. The average Bonchev–Trinajstić information content (AvgIpc) is 3.16. The maximum atomic E-state index is 12.5. The predicted molar refractivity (Wildman–Crippen MR) is 145 cm³/mol. The van der Waals surface area contributed by atoms with Gasteiger partial charge in [0.25, 0.3) is 5.91 Å². The number of hydrogen-bond donors (Lipinski definition) is 1. The van der Waals surface area contributed by atoms with Gasteiger partial charge in [-0.25, -0.2) is 0 Å². The number of nitrogens with zero attached hydrogens (tertiary/aromatic N) is 1. The third-order valence-corrected chi connectivity index (χ3v) is 6.76. The predicted octanol–water partition coefficient (Wildman–Crippen LogP) is 6.96. The number of thioether (sulfide) groups is 1. The fourth-order valence-electron chi connectivity index (χ4n) is 3.66. The molecule has 1 heterocycles. The minimum atomic E-state index is -0.175. The number of halogens is 2. The van der Waals surface area contributed by atoms with Crippen LogP contribution in [0.15, 0.2) is 64.5 Å². The van der Waals surface area contributed by atoms with Crippen LogP contribution in [0.5, 0.6) is 11.5 Å². The van der Waals surface area contributed by atoms with Crippen molar-refractivity contribution in [2.24, 2.45) is 4.99 Å². The van der Waals surface area contributed by atoms with Crippen LogP contribution in [-0.4, -0.2) is 18.2 Å². The lowest BCUT2D eigenvalue weighted by atomic mass is 10.1. The summed E-state index contributed by atoms with van der Waals surface area (Å²) >= 11 is 13.5. The van der Waals surface area contributed by atoms with E-state index in [1.54, 1.807) is 19.2 Å². The Kier molecular flexibility index (Phi) is 8.06. The number of nitrogens with one attached hydrogen (secondary N) is 1. The second-order valence-corrected chi connectivity index (χ2v) is 9.99. The highest BCUT2D eigenvalue weighted by Gasteiger charge is 2.23. The summed E-state index contributed by atoms with van der Waals surface area (Å²) in [5.41, 5.74) is 5.13. The van der Waals surface area contributed by atoms with Crippen molar-refractivity contribution in [2.45, 2.75) is 27.0 Å². The Bertz CT molecular complexity index is 1320. The van der Waals surface area contributed by atoms with Gasteiger partial charge < -0.3 is 14.8 Å². The lowest BCUT2D eigenvalue weighted by molar-refractivity contribution is -0.115. The molecule has 0 aliphatic carbocycles.